The van der Waals surface area contributed by atoms with E-state index in [9.17, 15) is 4.79 Å². The zero-order valence-electron chi connectivity index (χ0n) is 12.6. The van der Waals surface area contributed by atoms with Gasteiger partial charge in [-0.15, -0.1) is 0 Å². The van der Waals surface area contributed by atoms with Gasteiger partial charge in [0.1, 0.15) is 0 Å². The predicted octanol–water partition coefficient (Wildman–Crippen LogP) is 2.47. The van der Waals surface area contributed by atoms with E-state index in [1.807, 2.05) is 34.7 Å². The van der Waals surface area contributed by atoms with Crippen LogP contribution in [0.3, 0.4) is 0 Å². The fraction of sp³-hybridized carbons (Fsp3) is 0.929. The molecule has 4 heteroatoms. The van der Waals surface area contributed by atoms with Gasteiger partial charge in [0, 0.05) is 33.2 Å². The van der Waals surface area contributed by atoms with E-state index in [4.69, 9.17) is 9.47 Å². The molecule has 0 saturated heterocycles. The van der Waals surface area contributed by atoms with Gasteiger partial charge in [-0.3, -0.25) is 4.79 Å². The number of ether oxygens (including phenoxy) is 2. The van der Waals surface area contributed by atoms with Gasteiger partial charge in [-0.2, -0.15) is 0 Å². The third-order valence-corrected chi connectivity index (χ3v) is 2.52. The SMILES string of the molecule is CCOCCN(C)C(=O)CCCCOC(C)(C)C. The standard InChI is InChI=1S/C14H29NO3/c1-6-17-12-10-15(5)13(16)9-7-8-11-18-14(2,3)4/h6-12H2,1-5H3. The van der Waals surface area contributed by atoms with E-state index in [2.05, 4.69) is 0 Å². The topological polar surface area (TPSA) is 38.8 Å². The second-order valence-electron chi connectivity index (χ2n) is 5.43. The molecule has 0 aliphatic rings. The normalized spacial score (nSPS) is 11.6. The summed E-state index contributed by atoms with van der Waals surface area (Å²) in [5.74, 6) is 0.186. The fourth-order valence-corrected chi connectivity index (χ4v) is 1.42. The maximum Gasteiger partial charge on any atom is 0.222 e. The Morgan fingerprint density at radius 3 is 2.39 bits per heavy atom. The zero-order chi connectivity index (χ0) is 14.0. The zero-order valence-corrected chi connectivity index (χ0v) is 12.6. The molecule has 0 aromatic rings. The van der Waals surface area contributed by atoms with Crippen LogP contribution < -0.4 is 0 Å². The summed E-state index contributed by atoms with van der Waals surface area (Å²) in [6, 6.07) is 0. The van der Waals surface area contributed by atoms with Crippen molar-refractivity contribution in [3.05, 3.63) is 0 Å². The van der Waals surface area contributed by atoms with E-state index in [1.54, 1.807) is 4.90 Å². The third kappa shape index (κ3) is 10.5. The van der Waals surface area contributed by atoms with Crippen molar-refractivity contribution in [1.82, 2.24) is 4.90 Å². The van der Waals surface area contributed by atoms with Crippen LogP contribution in [0.15, 0.2) is 0 Å². The maximum absolute atomic E-state index is 11.7. The summed E-state index contributed by atoms with van der Waals surface area (Å²) < 4.78 is 10.8. The van der Waals surface area contributed by atoms with E-state index in [0.717, 1.165) is 19.4 Å². The van der Waals surface area contributed by atoms with Crippen molar-refractivity contribution >= 4 is 5.91 Å². The van der Waals surface area contributed by atoms with Crippen molar-refractivity contribution in [1.29, 1.82) is 0 Å². The highest BCUT2D eigenvalue weighted by atomic mass is 16.5. The molecule has 0 aliphatic heterocycles. The average Bonchev–Trinajstić information content (AvgIpc) is 2.27. The van der Waals surface area contributed by atoms with Crippen LogP contribution in [0.5, 0.6) is 0 Å². The Bertz CT molecular complexity index is 224. The Kier molecular flexibility index (Phi) is 9.02. The molecule has 4 nitrogen and oxygen atoms in total. The summed E-state index contributed by atoms with van der Waals surface area (Å²) in [4.78, 5) is 13.5. The van der Waals surface area contributed by atoms with Crippen LogP contribution in [-0.4, -0.2) is 49.8 Å². The molecule has 18 heavy (non-hydrogen) atoms. The highest BCUT2D eigenvalue weighted by molar-refractivity contribution is 5.75. The minimum absolute atomic E-state index is 0.0850. The summed E-state index contributed by atoms with van der Waals surface area (Å²) >= 11 is 0. The predicted molar refractivity (Wildman–Crippen MR) is 73.7 cm³/mol. The van der Waals surface area contributed by atoms with Crippen LogP contribution in [0.2, 0.25) is 0 Å². The first-order chi connectivity index (χ1) is 8.37. The molecular weight excluding hydrogens is 230 g/mol. The van der Waals surface area contributed by atoms with Crippen LogP contribution >= 0.6 is 0 Å². The van der Waals surface area contributed by atoms with Crippen molar-refractivity contribution in [3.8, 4) is 0 Å². The minimum Gasteiger partial charge on any atom is -0.380 e. The molecule has 0 fully saturated rings. The molecule has 0 aromatic carbocycles. The Labute approximate surface area is 112 Å². The molecule has 0 atom stereocenters. The molecule has 0 bridgehead atoms. The molecule has 0 radical (unpaired) electrons. The van der Waals surface area contributed by atoms with Crippen molar-refractivity contribution in [2.75, 3.05) is 33.4 Å². The number of carbonyl (C=O) groups is 1. The van der Waals surface area contributed by atoms with E-state index < -0.39 is 0 Å². The molecule has 0 spiro atoms. The molecule has 0 unspecified atom stereocenters. The summed E-state index contributed by atoms with van der Waals surface area (Å²) in [6.45, 7) is 10.8. The highest BCUT2D eigenvalue weighted by Gasteiger charge is 2.10. The average molecular weight is 259 g/mol. The first-order valence-electron chi connectivity index (χ1n) is 6.82. The van der Waals surface area contributed by atoms with Gasteiger partial charge in [0.25, 0.3) is 0 Å². The number of carbonyl (C=O) groups excluding carboxylic acids is 1. The molecule has 1 amide bonds. The number of amides is 1. The van der Waals surface area contributed by atoms with Gasteiger partial charge in [0.15, 0.2) is 0 Å². The molecule has 0 rings (SSSR count). The smallest absolute Gasteiger partial charge is 0.222 e. The number of hydrogen-bond acceptors (Lipinski definition) is 3. The summed E-state index contributed by atoms with van der Waals surface area (Å²) in [6.07, 6.45) is 2.41. The van der Waals surface area contributed by atoms with Crippen LogP contribution in [0, 0.1) is 0 Å². The van der Waals surface area contributed by atoms with Crippen LogP contribution in [0.25, 0.3) is 0 Å². The Morgan fingerprint density at radius 1 is 1.17 bits per heavy atom. The Morgan fingerprint density at radius 2 is 1.83 bits per heavy atom. The van der Waals surface area contributed by atoms with Crippen molar-refractivity contribution in [2.24, 2.45) is 0 Å². The highest BCUT2D eigenvalue weighted by Crippen LogP contribution is 2.08. The number of unbranched alkanes of at least 4 members (excludes halogenated alkanes) is 1. The summed E-state index contributed by atoms with van der Waals surface area (Å²) in [5, 5.41) is 0. The molecule has 0 aliphatic carbocycles. The van der Waals surface area contributed by atoms with Gasteiger partial charge < -0.3 is 14.4 Å². The van der Waals surface area contributed by atoms with Gasteiger partial charge in [0.05, 0.1) is 12.2 Å². The van der Waals surface area contributed by atoms with Crippen molar-refractivity contribution in [2.45, 2.75) is 52.6 Å². The van der Waals surface area contributed by atoms with E-state index in [-0.39, 0.29) is 11.5 Å². The van der Waals surface area contributed by atoms with Crippen LogP contribution in [0.1, 0.15) is 47.0 Å². The first kappa shape index (κ1) is 17.4. The van der Waals surface area contributed by atoms with Crippen molar-refractivity contribution in [3.63, 3.8) is 0 Å². The van der Waals surface area contributed by atoms with Gasteiger partial charge in [-0.25, -0.2) is 0 Å². The van der Waals surface area contributed by atoms with Gasteiger partial charge in [-0.1, -0.05) is 0 Å². The fourth-order valence-electron chi connectivity index (χ4n) is 1.42. The lowest BCUT2D eigenvalue weighted by molar-refractivity contribution is -0.130. The van der Waals surface area contributed by atoms with Gasteiger partial charge in [0.2, 0.25) is 5.91 Å². The lowest BCUT2D eigenvalue weighted by Crippen LogP contribution is -2.30. The van der Waals surface area contributed by atoms with E-state index in [1.165, 1.54) is 0 Å². The quantitative estimate of drug-likeness (QED) is 0.597. The lowest BCUT2D eigenvalue weighted by Gasteiger charge is -2.20. The second-order valence-corrected chi connectivity index (χ2v) is 5.43. The van der Waals surface area contributed by atoms with Crippen molar-refractivity contribution < 1.29 is 14.3 Å². The van der Waals surface area contributed by atoms with Gasteiger partial charge >= 0.3 is 0 Å². The summed E-state index contributed by atoms with van der Waals surface area (Å²) in [5.41, 5.74) is -0.0850. The number of likely N-dealkylation sites (N-methyl/N-ethyl adjacent to an activating group) is 1. The van der Waals surface area contributed by atoms with Crippen LogP contribution in [-0.2, 0) is 14.3 Å². The van der Waals surface area contributed by atoms with E-state index in [0.29, 0.717) is 26.2 Å². The van der Waals surface area contributed by atoms with E-state index >= 15 is 0 Å². The Hall–Kier alpha value is -0.610. The summed E-state index contributed by atoms with van der Waals surface area (Å²) in [7, 11) is 1.83. The maximum atomic E-state index is 11.7. The molecule has 0 N–H and O–H groups in total. The second kappa shape index (κ2) is 9.34. The molecule has 0 heterocycles. The third-order valence-electron chi connectivity index (χ3n) is 2.52. The number of hydrogen-bond donors (Lipinski definition) is 0. The van der Waals surface area contributed by atoms with Crippen LogP contribution in [0.4, 0.5) is 0 Å². The molecule has 0 saturated carbocycles. The molecule has 108 valence electrons. The number of rotatable bonds is 9. The molecular formula is C14H29NO3. The first-order valence-corrected chi connectivity index (χ1v) is 6.82. The largest absolute Gasteiger partial charge is 0.380 e. The monoisotopic (exact) mass is 259 g/mol. The lowest BCUT2D eigenvalue weighted by atomic mass is 10.2. The van der Waals surface area contributed by atoms with Gasteiger partial charge in [-0.05, 0) is 40.5 Å². The molecule has 0 aromatic heterocycles. The number of nitrogens with zero attached hydrogens (tertiary/aromatic N) is 1. The Balaban J connectivity index is 3.52. The minimum atomic E-state index is -0.0850.